The second-order valence-electron chi connectivity index (χ2n) is 7.44. The van der Waals surface area contributed by atoms with Crippen molar-refractivity contribution in [1.82, 2.24) is 19.7 Å². The predicted molar refractivity (Wildman–Crippen MR) is 129 cm³/mol. The van der Waals surface area contributed by atoms with E-state index in [-0.39, 0.29) is 11.7 Å². The molecule has 32 heavy (non-hydrogen) atoms. The van der Waals surface area contributed by atoms with Crippen molar-refractivity contribution in [2.24, 2.45) is 0 Å². The van der Waals surface area contributed by atoms with Gasteiger partial charge in [0, 0.05) is 43.4 Å². The van der Waals surface area contributed by atoms with E-state index in [4.69, 9.17) is 0 Å². The molecular formula is C24H24N6OS. The number of carbonyl (C=O) groups is 1. The number of pyridine rings is 1. The highest BCUT2D eigenvalue weighted by molar-refractivity contribution is 7.99. The van der Waals surface area contributed by atoms with Crippen LogP contribution in [0.25, 0.3) is 17.1 Å². The maximum atomic E-state index is 12.6. The van der Waals surface area contributed by atoms with Crippen LogP contribution in [-0.2, 0) is 4.79 Å². The molecule has 0 saturated heterocycles. The standard InChI is InChI=1S/C24H24N6OS/c1-17-6-4-5-7-21(17)30-23(18-12-14-25-15-13-18)27-28-24(30)32-16-22(31)26-19-8-10-20(11-9-19)29(2)3/h4-15H,16H2,1-3H3,(H,26,31). The number of carbonyl (C=O) groups excluding carboxylic acids is 1. The number of hydrogen-bond acceptors (Lipinski definition) is 6. The van der Waals surface area contributed by atoms with E-state index >= 15 is 0 Å². The number of aromatic nitrogens is 4. The van der Waals surface area contributed by atoms with Gasteiger partial charge in [0.25, 0.3) is 0 Å². The van der Waals surface area contributed by atoms with Crippen LogP contribution >= 0.6 is 11.8 Å². The zero-order valence-corrected chi connectivity index (χ0v) is 19.0. The summed E-state index contributed by atoms with van der Waals surface area (Å²) in [5, 5.41) is 12.4. The number of rotatable bonds is 7. The van der Waals surface area contributed by atoms with Crippen molar-refractivity contribution in [3.8, 4) is 17.1 Å². The fraction of sp³-hybridized carbons (Fsp3) is 0.167. The van der Waals surface area contributed by atoms with E-state index in [1.807, 2.05) is 91.1 Å². The highest BCUT2D eigenvalue weighted by Gasteiger charge is 2.18. The van der Waals surface area contributed by atoms with Crippen molar-refractivity contribution in [3.63, 3.8) is 0 Å². The molecule has 0 atom stereocenters. The molecular weight excluding hydrogens is 420 g/mol. The summed E-state index contributed by atoms with van der Waals surface area (Å²) in [4.78, 5) is 18.7. The van der Waals surface area contributed by atoms with Crippen LogP contribution in [0.15, 0.2) is 78.2 Å². The predicted octanol–water partition coefficient (Wildman–Crippen LogP) is 4.43. The van der Waals surface area contributed by atoms with Crippen molar-refractivity contribution >= 4 is 29.0 Å². The van der Waals surface area contributed by atoms with Gasteiger partial charge >= 0.3 is 0 Å². The van der Waals surface area contributed by atoms with Crippen molar-refractivity contribution in [3.05, 3.63) is 78.6 Å². The Bertz CT molecular complexity index is 1200. The number of amides is 1. The molecule has 2 aromatic carbocycles. The summed E-state index contributed by atoms with van der Waals surface area (Å²) in [7, 11) is 3.96. The van der Waals surface area contributed by atoms with E-state index in [9.17, 15) is 4.79 Å². The Kier molecular flexibility index (Phi) is 6.51. The van der Waals surface area contributed by atoms with Crippen molar-refractivity contribution in [2.45, 2.75) is 12.1 Å². The van der Waals surface area contributed by atoms with Crippen molar-refractivity contribution in [2.75, 3.05) is 30.1 Å². The van der Waals surface area contributed by atoms with Crippen LogP contribution in [0.5, 0.6) is 0 Å². The molecule has 0 aliphatic heterocycles. The largest absolute Gasteiger partial charge is 0.378 e. The molecule has 0 saturated carbocycles. The molecule has 0 bridgehead atoms. The summed E-state index contributed by atoms with van der Waals surface area (Å²) < 4.78 is 1.99. The first kappa shape index (κ1) is 21.6. The van der Waals surface area contributed by atoms with Crippen LogP contribution < -0.4 is 10.2 Å². The number of thioether (sulfide) groups is 1. The lowest BCUT2D eigenvalue weighted by Crippen LogP contribution is -2.15. The van der Waals surface area contributed by atoms with E-state index in [0.717, 1.165) is 28.2 Å². The topological polar surface area (TPSA) is 75.9 Å². The average molecular weight is 445 g/mol. The van der Waals surface area contributed by atoms with Crippen LogP contribution in [0.4, 0.5) is 11.4 Å². The van der Waals surface area contributed by atoms with Gasteiger partial charge in [0.2, 0.25) is 5.91 Å². The van der Waals surface area contributed by atoms with Gasteiger partial charge in [-0.15, -0.1) is 10.2 Å². The fourth-order valence-corrected chi connectivity index (χ4v) is 4.00. The normalized spacial score (nSPS) is 10.7. The summed E-state index contributed by atoms with van der Waals surface area (Å²) >= 11 is 1.35. The van der Waals surface area contributed by atoms with Crippen molar-refractivity contribution < 1.29 is 4.79 Å². The minimum absolute atomic E-state index is 0.0996. The monoisotopic (exact) mass is 444 g/mol. The van der Waals surface area contributed by atoms with Gasteiger partial charge < -0.3 is 10.2 Å². The smallest absolute Gasteiger partial charge is 0.234 e. The van der Waals surface area contributed by atoms with Gasteiger partial charge in [0.1, 0.15) is 0 Å². The first-order valence-electron chi connectivity index (χ1n) is 10.1. The SMILES string of the molecule is Cc1ccccc1-n1c(SCC(=O)Nc2ccc(N(C)C)cc2)nnc1-c1ccncc1. The van der Waals surface area contributed by atoms with Crippen LogP contribution in [0.3, 0.4) is 0 Å². The molecule has 0 spiro atoms. The van der Waals surface area contributed by atoms with E-state index in [0.29, 0.717) is 11.0 Å². The highest BCUT2D eigenvalue weighted by atomic mass is 32.2. The Labute approximate surface area is 191 Å². The van der Waals surface area contributed by atoms with E-state index < -0.39 is 0 Å². The Hall–Kier alpha value is -3.65. The van der Waals surface area contributed by atoms with Gasteiger partial charge in [0.15, 0.2) is 11.0 Å². The van der Waals surface area contributed by atoms with E-state index in [2.05, 4.69) is 20.5 Å². The fourth-order valence-electron chi connectivity index (χ4n) is 3.25. The van der Waals surface area contributed by atoms with Gasteiger partial charge in [-0.1, -0.05) is 30.0 Å². The highest BCUT2D eigenvalue weighted by Crippen LogP contribution is 2.29. The van der Waals surface area contributed by atoms with E-state index in [1.165, 1.54) is 11.8 Å². The number of nitrogens with zero attached hydrogens (tertiary/aromatic N) is 5. The molecule has 8 heteroatoms. The Balaban J connectivity index is 1.55. The number of para-hydroxylation sites is 1. The molecule has 4 rings (SSSR count). The molecule has 162 valence electrons. The third-order valence-corrected chi connectivity index (χ3v) is 5.86. The first-order chi connectivity index (χ1) is 15.5. The first-order valence-corrected chi connectivity index (χ1v) is 11.1. The zero-order chi connectivity index (χ0) is 22.5. The van der Waals surface area contributed by atoms with Crippen LogP contribution in [-0.4, -0.2) is 45.5 Å². The molecule has 0 radical (unpaired) electrons. The molecule has 7 nitrogen and oxygen atoms in total. The van der Waals surface area contributed by atoms with Gasteiger partial charge in [-0.25, -0.2) is 0 Å². The molecule has 0 unspecified atom stereocenters. The molecule has 2 aromatic heterocycles. The lowest BCUT2D eigenvalue weighted by Gasteiger charge is -2.13. The number of nitrogens with one attached hydrogen (secondary N) is 1. The molecule has 0 fully saturated rings. The van der Waals surface area contributed by atoms with Gasteiger partial charge in [-0.05, 0) is 55.0 Å². The quantitative estimate of drug-likeness (QED) is 0.425. The van der Waals surface area contributed by atoms with Gasteiger partial charge in [-0.2, -0.15) is 0 Å². The Morgan fingerprint density at radius 3 is 2.41 bits per heavy atom. The summed E-state index contributed by atoms with van der Waals surface area (Å²) in [5.74, 6) is 0.830. The second-order valence-corrected chi connectivity index (χ2v) is 8.38. The number of hydrogen-bond donors (Lipinski definition) is 1. The third kappa shape index (κ3) is 4.81. The van der Waals surface area contributed by atoms with E-state index in [1.54, 1.807) is 12.4 Å². The van der Waals surface area contributed by atoms with Gasteiger partial charge in [0.05, 0.1) is 11.4 Å². The number of anilines is 2. The summed E-state index contributed by atoms with van der Waals surface area (Å²) in [6.07, 6.45) is 3.46. The minimum Gasteiger partial charge on any atom is -0.378 e. The maximum absolute atomic E-state index is 12.6. The average Bonchev–Trinajstić information content (AvgIpc) is 3.23. The number of benzene rings is 2. The lowest BCUT2D eigenvalue weighted by molar-refractivity contribution is -0.113. The molecule has 0 aliphatic rings. The second kappa shape index (κ2) is 9.65. The molecule has 2 heterocycles. The van der Waals surface area contributed by atoms with Crippen LogP contribution in [0.2, 0.25) is 0 Å². The maximum Gasteiger partial charge on any atom is 0.234 e. The summed E-state index contributed by atoms with van der Waals surface area (Å²) in [6, 6.07) is 19.6. The molecule has 1 amide bonds. The zero-order valence-electron chi connectivity index (χ0n) is 18.2. The molecule has 4 aromatic rings. The Morgan fingerprint density at radius 1 is 1.00 bits per heavy atom. The van der Waals surface area contributed by atoms with Crippen molar-refractivity contribution in [1.29, 1.82) is 0 Å². The van der Waals surface area contributed by atoms with Crippen LogP contribution in [0, 0.1) is 6.92 Å². The Morgan fingerprint density at radius 2 is 1.72 bits per heavy atom. The summed E-state index contributed by atoms with van der Waals surface area (Å²) in [6.45, 7) is 2.05. The van der Waals surface area contributed by atoms with Gasteiger partial charge in [-0.3, -0.25) is 14.3 Å². The molecule has 1 N–H and O–H groups in total. The lowest BCUT2D eigenvalue weighted by atomic mass is 10.2. The minimum atomic E-state index is -0.0996. The summed E-state index contributed by atoms with van der Waals surface area (Å²) in [5.41, 5.74) is 4.82. The number of aryl methyl sites for hydroxylation is 1. The molecule has 0 aliphatic carbocycles. The van der Waals surface area contributed by atoms with Crippen LogP contribution in [0.1, 0.15) is 5.56 Å². The third-order valence-electron chi connectivity index (χ3n) is 4.93.